The normalized spacial score (nSPS) is 19.2. The maximum atomic E-state index is 6.13. The zero-order valence-corrected chi connectivity index (χ0v) is 15.2. The molecule has 3 nitrogen and oxygen atoms in total. The van der Waals surface area contributed by atoms with Crippen molar-refractivity contribution in [3.05, 3.63) is 23.8 Å². The van der Waals surface area contributed by atoms with Gasteiger partial charge >= 0.3 is 0 Å². The highest BCUT2D eigenvalue weighted by molar-refractivity contribution is 5.54. The molecule has 1 aliphatic heterocycles. The summed E-state index contributed by atoms with van der Waals surface area (Å²) in [6.07, 6.45) is 7.75. The molecule has 1 heterocycles. The molecule has 1 fully saturated rings. The lowest BCUT2D eigenvalue weighted by atomic mass is 9.99. The first-order chi connectivity index (χ1) is 11.1. The van der Waals surface area contributed by atoms with Gasteiger partial charge in [-0.1, -0.05) is 33.3 Å². The molecular weight excluding hydrogens is 284 g/mol. The Morgan fingerprint density at radius 2 is 2.13 bits per heavy atom. The summed E-state index contributed by atoms with van der Waals surface area (Å²) in [5, 5.41) is 0. The number of nitrogen functional groups attached to an aromatic ring is 1. The van der Waals surface area contributed by atoms with Crippen molar-refractivity contribution in [3.63, 3.8) is 0 Å². The summed E-state index contributed by atoms with van der Waals surface area (Å²) in [5.74, 6) is 1.34. The van der Waals surface area contributed by atoms with Crippen molar-refractivity contribution in [2.45, 2.75) is 65.3 Å². The maximum Gasteiger partial charge on any atom is 0.142 e. The van der Waals surface area contributed by atoms with Crippen LogP contribution in [-0.4, -0.2) is 30.6 Å². The van der Waals surface area contributed by atoms with Gasteiger partial charge in [0, 0.05) is 6.04 Å². The van der Waals surface area contributed by atoms with E-state index in [9.17, 15) is 0 Å². The van der Waals surface area contributed by atoms with Crippen LogP contribution in [0, 0.1) is 5.92 Å². The summed E-state index contributed by atoms with van der Waals surface area (Å²) < 4.78 is 5.75. The number of likely N-dealkylation sites (tertiary alicyclic amines) is 1. The number of nitrogens with two attached hydrogens (primary N) is 1. The molecule has 1 atom stereocenters. The van der Waals surface area contributed by atoms with Crippen molar-refractivity contribution < 1.29 is 4.74 Å². The molecule has 2 N–H and O–H groups in total. The third-order valence-corrected chi connectivity index (χ3v) is 4.78. The SMILES string of the molecule is CCC1CCCCN1CCCc1ccc(OCC(C)C)c(N)c1. The van der Waals surface area contributed by atoms with E-state index in [1.165, 1.54) is 50.8 Å². The Labute approximate surface area is 142 Å². The second-order valence-electron chi connectivity index (χ2n) is 7.27. The molecule has 0 amide bonds. The van der Waals surface area contributed by atoms with Gasteiger partial charge in [-0.3, -0.25) is 0 Å². The number of hydrogen-bond acceptors (Lipinski definition) is 3. The number of benzene rings is 1. The van der Waals surface area contributed by atoms with Crippen molar-refractivity contribution in [2.75, 3.05) is 25.4 Å². The lowest BCUT2D eigenvalue weighted by molar-refractivity contribution is 0.142. The second-order valence-corrected chi connectivity index (χ2v) is 7.27. The molecule has 0 aliphatic carbocycles. The monoisotopic (exact) mass is 318 g/mol. The second kappa shape index (κ2) is 9.17. The summed E-state index contributed by atoms with van der Waals surface area (Å²) in [5.41, 5.74) is 8.22. The van der Waals surface area contributed by atoms with Crippen molar-refractivity contribution in [1.29, 1.82) is 0 Å². The van der Waals surface area contributed by atoms with E-state index in [2.05, 4.69) is 37.8 Å². The summed E-state index contributed by atoms with van der Waals surface area (Å²) in [6, 6.07) is 7.09. The van der Waals surface area contributed by atoms with Crippen LogP contribution < -0.4 is 10.5 Å². The summed E-state index contributed by atoms with van der Waals surface area (Å²) in [6.45, 7) is 9.83. The smallest absolute Gasteiger partial charge is 0.142 e. The van der Waals surface area contributed by atoms with E-state index in [1.54, 1.807) is 0 Å². The first-order valence-electron chi connectivity index (χ1n) is 9.35. The van der Waals surface area contributed by atoms with Gasteiger partial charge < -0.3 is 15.4 Å². The highest BCUT2D eigenvalue weighted by atomic mass is 16.5. The average Bonchev–Trinajstić information content (AvgIpc) is 2.54. The average molecular weight is 319 g/mol. The number of nitrogens with zero attached hydrogens (tertiary/aromatic N) is 1. The Balaban J connectivity index is 1.80. The minimum Gasteiger partial charge on any atom is -0.491 e. The Morgan fingerprint density at radius 3 is 2.83 bits per heavy atom. The Hall–Kier alpha value is -1.22. The number of anilines is 1. The van der Waals surface area contributed by atoms with Gasteiger partial charge in [0.1, 0.15) is 5.75 Å². The predicted octanol–water partition coefficient (Wildman–Crippen LogP) is 4.50. The van der Waals surface area contributed by atoms with Crippen LogP contribution in [0.4, 0.5) is 5.69 Å². The number of hydrogen-bond donors (Lipinski definition) is 1. The molecule has 1 saturated heterocycles. The third kappa shape index (κ3) is 5.72. The summed E-state index contributed by atoms with van der Waals surface area (Å²) in [7, 11) is 0. The first-order valence-corrected chi connectivity index (χ1v) is 9.35. The standard InChI is InChI=1S/C20H34N2O/c1-4-18-9-5-6-12-22(18)13-7-8-17-10-11-20(19(21)14-17)23-15-16(2)3/h10-11,14,16,18H,4-9,12-13,15,21H2,1-3H3. The predicted molar refractivity (Wildman–Crippen MR) is 99.0 cm³/mol. The minimum absolute atomic E-state index is 0.519. The zero-order valence-electron chi connectivity index (χ0n) is 15.2. The summed E-state index contributed by atoms with van der Waals surface area (Å²) >= 11 is 0. The molecule has 1 aromatic rings. The fourth-order valence-corrected chi connectivity index (χ4v) is 3.44. The minimum atomic E-state index is 0.519. The van der Waals surface area contributed by atoms with Crippen LogP contribution in [-0.2, 0) is 6.42 Å². The third-order valence-electron chi connectivity index (χ3n) is 4.78. The molecule has 130 valence electrons. The molecule has 3 heteroatoms. The van der Waals surface area contributed by atoms with Crippen LogP contribution in [0.15, 0.2) is 18.2 Å². The fourth-order valence-electron chi connectivity index (χ4n) is 3.44. The maximum absolute atomic E-state index is 6.13. The molecule has 0 aromatic heterocycles. The number of rotatable bonds is 8. The molecular formula is C20H34N2O. The van der Waals surface area contributed by atoms with Gasteiger partial charge in [0.25, 0.3) is 0 Å². The largest absolute Gasteiger partial charge is 0.491 e. The van der Waals surface area contributed by atoms with E-state index in [0.717, 1.165) is 30.5 Å². The number of piperidine rings is 1. The van der Waals surface area contributed by atoms with Crippen LogP contribution in [0.2, 0.25) is 0 Å². The summed E-state index contributed by atoms with van der Waals surface area (Å²) in [4.78, 5) is 2.69. The van der Waals surface area contributed by atoms with Crippen molar-refractivity contribution in [1.82, 2.24) is 4.90 Å². The molecule has 0 saturated carbocycles. The molecule has 1 aliphatic rings. The van der Waals surface area contributed by atoms with Gasteiger partial charge in [-0.25, -0.2) is 0 Å². The van der Waals surface area contributed by atoms with Gasteiger partial charge in [-0.2, -0.15) is 0 Å². The van der Waals surface area contributed by atoms with Crippen molar-refractivity contribution in [3.8, 4) is 5.75 Å². The van der Waals surface area contributed by atoms with Gasteiger partial charge in [0.15, 0.2) is 0 Å². The van der Waals surface area contributed by atoms with Crippen LogP contribution >= 0.6 is 0 Å². The van der Waals surface area contributed by atoms with E-state index < -0.39 is 0 Å². The van der Waals surface area contributed by atoms with Gasteiger partial charge in [-0.15, -0.1) is 0 Å². The quantitative estimate of drug-likeness (QED) is 0.717. The van der Waals surface area contributed by atoms with Crippen LogP contribution in [0.5, 0.6) is 5.75 Å². The van der Waals surface area contributed by atoms with E-state index in [4.69, 9.17) is 10.5 Å². The molecule has 2 rings (SSSR count). The number of aryl methyl sites for hydroxylation is 1. The van der Waals surface area contributed by atoms with Crippen molar-refractivity contribution >= 4 is 5.69 Å². The molecule has 0 spiro atoms. The van der Waals surface area contributed by atoms with Crippen LogP contribution in [0.3, 0.4) is 0 Å². The van der Waals surface area contributed by atoms with E-state index >= 15 is 0 Å². The Morgan fingerprint density at radius 1 is 1.30 bits per heavy atom. The lowest BCUT2D eigenvalue weighted by Gasteiger charge is -2.35. The van der Waals surface area contributed by atoms with Crippen LogP contribution in [0.1, 0.15) is 58.4 Å². The van der Waals surface area contributed by atoms with Gasteiger partial charge in [-0.05, 0) is 68.8 Å². The molecule has 1 unspecified atom stereocenters. The topological polar surface area (TPSA) is 38.5 Å². The zero-order chi connectivity index (χ0) is 16.7. The number of ether oxygens (including phenoxy) is 1. The lowest BCUT2D eigenvalue weighted by Crippen LogP contribution is -2.39. The molecule has 23 heavy (non-hydrogen) atoms. The molecule has 0 radical (unpaired) electrons. The van der Waals surface area contributed by atoms with E-state index in [1.807, 2.05) is 6.07 Å². The highest BCUT2D eigenvalue weighted by Gasteiger charge is 2.19. The first kappa shape index (κ1) is 18.1. The Bertz CT molecular complexity index is 473. The van der Waals surface area contributed by atoms with Gasteiger partial charge in [0.2, 0.25) is 0 Å². The van der Waals surface area contributed by atoms with Gasteiger partial charge in [0.05, 0.1) is 12.3 Å². The van der Waals surface area contributed by atoms with Crippen molar-refractivity contribution in [2.24, 2.45) is 5.92 Å². The molecule has 1 aromatic carbocycles. The Kier molecular flexibility index (Phi) is 7.22. The van der Waals surface area contributed by atoms with Crippen LogP contribution in [0.25, 0.3) is 0 Å². The van der Waals surface area contributed by atoms with E-state index in [0.29, 0.717) is 5.92 Å². The molecule has 0 bridgehead atoms. The highest BCUT2D eigenvalue weighted by Crippen LogP contribution is 2.24. The van der Waals surface area contributed by atoms with E-state index in [-0.39, 0.29) is 0 Å². The fraction of sp³-hybridized carbons (Fsp3) is 0.700.